The van der Waals surface area contributed by atoms with E-state index in [2.05, 4.69) is 26.1 Å². The van der Waals surface area contributed by atoms with Crippen LogP contribution in [-0.2, 0) is 0 Å². The van der Waals surface area contributed by atoms with Gasteiger partial charge < -0.3 is 0 Å². The molecular weight excluding hydrogens is 265 g/mol. The van der Waals surface area contributed by atoms with E-state index < -0.39 is 19.8 Å². The Labute approximate surface area is 78.2 Å². The van der Waals surface area contributed by atoms with Crippen molar-refractivity contribution in [1.29, 1.82) is 0 Å². The van der Waals surface area contributed by atoms with Gasteiger partial charge in [-0.2, -0.15) is 0 Å². The molecule has 2 rings (SSSR count). The fourth-order valence-electron chi connectivity index (χ4n) is 0.982. The van der Waals surface area contributed by atoms with E-state index in [1.54, 1.807) is 6.20 Å². The second-order valence-corrected chi connectivity index (χ2v) is 8.22. The van der Waals surface area contributed by atoms with Crippen LogP contribution in [0.3, 0.4) is 0 Å². The summed E-state index contributed by atoms with van der Waals surface area (Å²) < 4.78 is 3.21. The van der Waals surface area contributed by atoms with Gasteiger partial charge in [-0.1, -0.05) is 0 Å². The third-order valence-electron chi connectivity index (χ3n) is 1.65. The van der Waals surface area contributed by atoms with Gasteiger partial charge in [0, 0.05) is 0 Å². The van der Waals surface area contributed by atoms with Crippen molar-refractivity contribution in [2.45, 2.75) is 0 Å². The van der Waals surface area contributed by atoms with Gasteiger partial charge in [0.1, 0.15) is 0 Å². The van der Waals surface area contributed by atoms with Gasteiger partial charge in [-0.05, 0) is 0 Å². The zero-order valence-corrected chi connectivity index (χ0v) is 9.19. The van der Waals surface area contributed by atoms with Gasteiger partial charge in [0.25, 0.3) is 0 Å². The van der Waals surface area contributed by atoms with E-state index >= 15 is 0 Å². The molecule has 0 amide bonds. The Morgan fingerprint density at radius 1 is 1.42 bits per heavy atom. The van der Waals surface area contributed by atoms with Crippen LogP contribution in [0, 0.1) is 3.57 Å². The molecule has 2 heterocycles. The predicted octanol–water partition coefficient (Wildman–Crippen LogP) is 1.66. The van der Waals surface area contributed by atoms with Crippen molar-refractivity contribution in [1.82, 2.24) is 14.6 Å². The summed E-state index contributed by atoms with van der Waals surface area (Å²) in [5.74, 6) is 0. The van der Waals surface area contributed by atoms with E-state index in [1.165, 1.54) is 3.57 Å². The van der Waals surface area contributed by atoms with Gasteiger partial charge in [0.15, 0.2) is 0 Å². The van der Waals surface area contributed by atoms with Crippen molar-refractivity contribution in [2.24, 2.45) is 0 Å². The van der Waals surface area contributed by atoms with Crippen LogP contribution in [0.25, 0.3) is 5.65 Å². The summed E-state index contributed by atoms with van der Waals surface area (Å²) in [7, 11) is 0. The van der Waals surface area contributed by atoms with E-state index in [-0.39, 0.29) is 0 Å². The van der Waals surface area contributed by atoms with Gasteiger partial charge in [-0.3, -0.25) is 0 Å². The zero-order chi connectivity index (χ0) is 8.55. The Morgan fingerprint density at radius 3 is 3.00 bits per heavy atom. The topological polar surface area (TPSA) is 30.2 Å². The summed E-state index contributed by atoms with van der Waals surface area (Å²) in [6.45, 7) is 0. The van der Waals surface area contributed by atoms with Crippen LogP contribution in [0.5, 0.6) is 0 Å². The summed E-state index contributed by atoms with van der Waals surface area (Å²) in [5, 5.41) is 4.14. The SMILES string of the molecule is CI(C)c1cnc2ccnn2c1. The normalized spacial score (nSPS) is 12.0. The average molecular weight is 275 g/mol. The molecule has 64 valence electrons. The molecule has 12 heavy (non-hydrogen) atoms. The standard InChI is InChI=1S/C8H10IN3/c1-9(2)7-5-10-8-3-4-11-12(8)6-7/h3-6H,1-2H3. The van der Waals surface area contributed by atoms with Gasteiger partial charge in [-0.25, -0.2) is 0 Å². The molecule has 3 nitrogen and oxygen atoms in total. The molecule has 0 aliphatic rings. The number of hydrogen-bond acceptors (Lipinski definition) is 2. The molecule has 0 aliphatic carbocycles. The summed E-state index contributed by atoms with van der Waals surface area (Å²) in [4.78, 5) is 8.91. The zero-order valence-electron chi connectivity index (χ0n) is 7.03. The van der Waals surface area contributed by atoms with Crippen LogP contribution < -0.4 is 0 Å². The number of fused-ring (bicyclic) bond motifs is 1. The molecule has 0 aromatic carbocycles. The maximum absolute atomic E-state index is 4.30. The van der Waals surface area contributed by atoms with E-state index in [0.717, 1.165) is 5.65 Å². The van der Waals surface area contributed by atoms with Crippen molar-refractivity contribution in [3.8, 4) is 0 Å². The summed E-state index contributed by atoms with van der Waals surface area (Å²) >= 11 is -0.894. The van der Waals surface area contributed by atoms with Crippen molar-refractivity contribution < 1.29 is 0 Å². The molecule has 2 aromatic rings. The molecule has 0 saturated heterocycles. The van der Waals surface area contributed by atoms with Crippen molar-refractivity contribution in [3.63, 3.8) is 0 Å². The predicted molar refractivity (Wildman–Crippen MR) is 57.6 cm³/mol. The number of aromatic nitrogens is 3. The number of halogens is 1. The second kappa shape index (κ2) is 3.01. The molecule has 0 N–H and O–H groups in total. The van der Waals surface area contributed by atoms with Gasteiger partial charge in [0.05, 0.1) is 0 Å². The molecule has 0 unspecified atom stereocenters. The number of alkyl halides is 2. The third kappa shape index (κ3) is 1.31. The van der Waals surface area contributed by atoms with E-state index in [0.29, 0.717) is 0 Å². The van der Waals surface area contributed by atoms with Crippen molar-refractivity contribution >= 4 is 25.5 Å². The van der Waals surface area contributed by atoms with Crippen LogP contribution in [0.1, 0.15) is 0 Å². The van der Waals surface area contributed by atoms with E-state index in [4.69, 9.17) is 0 Å². The average Bonchev–Trinajstić information content (AvgIpc) is 2.49. The van der Waals surface area contributed by atoms with E-state index in [1.807, 2.05) is 16.8 Å². The number of nitrogens with zero attached hydrogens (tertiary/aromatic N) is 3. The summed E-state index contributed by atoms with van der Waals surface area (Å²) in [6.07, 6.45) is 5.84. The molecule has 0 aliphatic heterocycles. The number of hydrogen-bond donors (Lipinski definition) is 0. The summed E-state index contributed by atoms with van der Waals surface area (Å²) in [5.41, 5.74) is 0.927. The summed E-state index contributed by atoms with van der Waals surface area (Å²) in [6, 6.07) is 1.91. The Kier molecular flexibility index (Phi) is 2.00. The van der Waals surface area contributed by atoms with Crippen molar-refractivity contribution in [2.75, 3.05) is 9.86 Å². The first-order chi connectivity index (χ1) is 5.77. The maximum atomic E-state index is 4.30. The van der Waals surface area contributed by atoms with Crippen molar-refractivity contribution in [3.05, 3.63) is 28.2 Å². The van der Waals surface area contributed by atoms with E-state index in [9.17, 15) is 0 Å². The quantitative estimate of drug-likeness (QED) is 0.585. The molecule has 4 heteroatoms. The molecular formula is C8H10IN3. The van der Waals surface area contributed by atoms with Crippen LogP contribution in [0.4, 0.5) is 0 Å². The van der Waals surface area contributed by atoms with Crippen LogP contribution >= 0.6 is 19.8 Å². The molecule has 0 spiro atoms. The van der Waals surface area contributed by atoms with Gasteiger partial charge >= 0.3 is 78.2 Å². The second-order valence-electron chi connectivity index (χ2n) is 2.66. The molecule has 0 saturated carbocycles. The van der Waals surface area contributed by atoms with Crippen LogP contribution in [0.2, 0.25) is 0 Å². The molecule has 0 bridgehead atoms. The minimum atomic E-state index is -0.894. The fourth-order valence-corrected chi connectivity index (χ4v) is 2.50. The van der Waals surface area contributed by atoms with Crippen LogP contribution in [-0.4, -0.2) is 24.5 Å². The third-order valence-corrected chi connectivity index (χ3v) is 4.70. The molecule has 0 fully saturated rings. The Balaban J connectivity index is 2.60. The Hall–Kier alpha value is -0.650. The fraction of sp³-hybridized carbons (Fsp3) is 0.250. The van der Waals surface area contributed by atoms with Gasteiger partial charge in [-0.15, -0.1) is 0 Å². The Bertz CT molecular complexity index is 394. The minimum absolute atomic E-state index is 0.894. The molecule has 0 atom stereocenters. The first-order valence-corrected chi connectivity index (χ1v) is 8.96. The number of rotatable bonds is 1. The Morgan fingerprint density at radius 2 is 2.25 bits per heavy atom. The van der Waals surface area contributed by atoms with Gasteiger partial charge in [0.2, 0.25) is 0 Å². The first kappa shape index (κ1) is 7.97. The van der Waals surface area contributed by atoms with Crippen LogP contribution in [0.15, 0.2) is 24.7 Å². The monoisotopic (exact) mass is 275 g/mol. The first-order valence-electron chi connectivity index (χ1n) is 3.57. The molecule has 0 radical (unpaired) electrons. The molecule has 2 aromatic heterocycles.